The van der Waals surface area contributed by atoms with Crippen molar-refractivity contribution in [1.29, 1.82) is 0 Å². The summed E-state index contributed by atoms with van der Waals surface area (Å²) in [5, 5.41) is 12.2. The molecule has 1 heterocycles. The zero-order valence-corrected chi connectivity index (χ0v) is 12.8. The largest absolute Gasteiger partial charge is 0.481 e. The molecule has 0 fully saturated rings. The van der Waals surface area contributed by atoms with E-state index in [1.54, 1.807) is 0 Å². The van der Waals surface area contributed by atoms with E-state index in [2.05, 4.69) is 10.3 Å². The molecule has 0 aliphatic heterocycles. The molecular formula is C17H20N2O3. The third-order valence-electron chi connectivity index (χ3n) is 3.43. The maximum atomic E-state index is 12.4. The highest BCUT2D eigenvalue weighted by atomic mass is 16.4. The number of carbonyl (C=O) groups is 2. The van der Waals surface area contributed by atoms with Crippen molar-refractivity contribution in [3.8, 4) is 0 Å². The van der Waals surface area contributed by atoms with Gasteiger partial charge in [0.15, 0.2) is 0 Å². The van der Waals surface area contributed by atoms with Gasteiger partial charge in [0.2, 0.25) is 0 Å². The van der Waals surface area contributed by atoms with Gasteiger partial charge in [0.1, 0.15) is 0 Å². The van der Waals surface area contributed by atoms with Gasteiger partial charge in [-0.1, -0.05) is 32.0 Å². The second-order valence-electron chi connectivity index (χ2n) is 5.52. The zero-order chi connectivity index (χ0) is 16.1. The number of pyridine rings is 1. The Morgan fingerprint density at radius 1 is 1.27 bits per heavy atom. The first kappa shape index (κ1) is 15.9. The van der Waals surface area contributed by atoms with Gasteiger partial charge in [0.05, 0.1) is 11.1 Å². The number of hydrogen-bond donors (Lipinski definition) is 2. The molecule has 1 amide bonds. The molecule has 0 saturated carbocycles. The van der Waals surface area contributed by atoms with Gasteiger partial charge in [-0.25, -0.2) is 0 Å². The summed E-state index contributed by atoms with van der Waals surface area (Å²) < 4.78 is 0. The van der Waals surface area contributed by atoms with Crippen LogP contribution in [0.15, 0.2) is 30.3 Å². The van der Waals surface area contributed by atoms with Crippen LogP contribution in [0.4, 0.5) is 0 Å². The Labute approximate surface area is 129 Å². The molecule has 0 unspecified atom stereocenters. The smallest absolute Gasteiger partial charge is 0.303 e. The van der Waals surface area contributed by atoms with Crippen molar-refractivity contribution in [1.82, 2.24) is 10.3 Å². The van der Waals surface area contributed by atoms with E-state index in [9.17, 15) is 9.59 Å². The summed E-state index contributed by atoms with van der Waals surface area (Å²) in [5.74, 6) is -0.820. The van der Waals surface area contributed by atoms with E-state index in [0.717, 1.165) is 16.6 Å². The number of amides is 1. The van der Waals surface area contributed by atoms with E-state index < -0.39 is 5.97 Å². The first-order valence-corrected chi connectivity index (χ1v) is 7.38. The average Bonchev–Trinajstić information content (AvgIpc) is 2.50. The molecule has 2 N–H and O–H groups in total. The van der Waals surface area contributed by atoms with E-state index in [1.807, 2.05) is 44.2 Å². The number of carbonyl (C=O) groups excluding carboxylic acids is 1. The van der Waals surface area contributed by atoms with E-state index in [1.165, 1.54) is 0 Å². The highest BCUT2D eigenvalue weighted by Gasteiger charge is 2.14. The minimum absolute atomic E-state index is 0.0502. The summed E-state index contributed by atoms with van der Waals surface area (Å²) >= 11 is 0. The Bertz CT molecular complexity index is 695. The van der Waals surface area contributed by atoms with Crippen LogP contribution in [0.3, 0.4) is 0 Å². The number of nitrogens with one attached hydrogen (secondary N) is 1. The van der Waals surface area contributed by atoms with Crippen molar-refractivity contribution in [2.24, 2.45) is 0 Å². The van der Waals surface area contributed by atoms with E-state index in [-0.39, 0.29) is 18.2 Å². The molecule has 2 aromatic rings. The molecular weight excluding hydrogens is 280 g/mol. The highest BCUT2D eigenvalue weighted by Crippen LogP contribution is 2.22. The van der Waals surface area contributed by atoms with Gasteiger partial charge >= 0.3 is 5.97 Å². The molecule has 1 aromatic carbocycles. The minimum Gasteiger partial charge on any atom is -0.481 e. The lowest BCUT2D eigenvalue weighted by molar-refractivity contribution is -0.137. The fraction of sp³-hybridized carbons (Fsp3) is 0.353. The van der Waals surface area contributed by atoms with Crippen molar-refractivity contribution in [2.45, 2.75) is 32.6 Å². The van der Waals surface area contributed by atoms with Crippen molar-refractivity contribution < 1.29 is 14.7 Å². The molecule has 5 nitrogen and oxygen atoms in total. The third-order valence-corrected chi connectivity index (χ3v) is 3.43. The van der Waals surface area contributed by atoms with Crippen LogP contribution in [-0.2, 0) is 4.79 Å². The lowest BCUT2D eigenvalue weighted by Gasteiger charge is -2.12. The number of benzene rings is 1. The molecule has 0 bridgehead atoms. The maximum Gasteiger partial charge on any atom is 0.303 e. The minimum atomic E-state index is -0.856. The summed E-state index contributed by atoms with van der Waals surface area (Å²) in [7, 11) is 0. The predicted octanol–water partition coefficient (Wildman–Crippen LogP) is 2.95. The second-order valence-corrected chi connectivity index (χ2v) is 5.52. The van der Waals surface area contributed by atoms with Crippen molar-refractivity contribution >= 4 is 22.8 Å². The van der Waals surface area contributed by atoms with Crippen LogP contribution in [0.5, 0.6) is 0 Å². The Morgan fingerprint density at radius 3 is 2.68 bits per heavy atom. The van der Waals surface area contributed by atoms with Crippen molar-refractivity contribution in [3.63, 3.8) is 0 Å². The third kappa shape index (κ3) is 3.81. The van der Waals surface area contributed by atoms with Gasteiger partial charge in [0, 0.05) is 24.0 Å². The standard InChI is InChI=1S/C17H20N2O3/c1-11(2)15-10-13(12-6-3-4-7-14(12)19-15)17(22)18-9-5-8-16(20)21/h3-4,6-7,10-11H,5,8-9H2,1-2H3,(H,18,22)(H,20,21). The van der Waals surface area contributed by atoms with Crippen LogP contribution < -0.4 is 5.32 Å². The van der Waals surface area contributed by atoms with Crippen LogP contribution in [0.1, 0.15) is 48.7 Å². The van der Waals surface area contributed by atoms with Gasteiger partial charge in [-0.3, -0.25) is 14.6 Å². The summed E-state index contributed by atoms with van der Waals surface area (Å²) in [6.45, 7) is 4.41. The molecule has 2 rings (SSSR count). The quantitative estimate of drug-likeness (QED) is 0.804. The molecule has 0 atom stereocenters. The lowest BCUT2D eigenvalue weighted by Crippen LogP contribution is -2.25. The molecule has 0 spiro atoms. The number of carboxylic acids is 1. The van der Waals surface area contributed by atoms with Crippen LogP contribution >= 0.6 is 0 Å². The van der Waals surface area contributed by atoms with Gasteiger partial charge < -0.3 is 10.4 Å². The lowest BCUT2D eigenvalue weighted by atomic mass is 10.0. The highest BCUT2D eigenvalue weighted by molar-refractivity contribution is 6.06. The monoisotopic (exact) mass is 300 g/mol. The molecule has 0 aliphatic carbocycles. The fourth-order valence-electron chi connectivity index (χ4n) is 2.22. The number of fused-ring (bicyclic) bond motifs is 1. The summed E-state index contributed by atoms with van der Waals surface area (Å²) in [5.41, 5.74) is 2.25. The van der Waals surface area contributed by atoms with Crippen molar-refractivity contribution in [2.75, 3.05) is 6.54 Å². The number of para-hydroxylation sites is 1. The Morgan fingerprint density at radius 2 is 2.00 bits per heavy atom. The van der Waals surface area contributed by atoms with Crippen molar-refractivity contribution in [3.05, 3.63) is 41.6 Å². The normalized spacial score (nSPS) is 10.9. The fourth-order valence-corrected chi connectivity index (χ4v) is 2.22. The van der Waals surface area contributed by atoms with Gasteiger partial charge in [-0.15, -0.1) is 0 Å². The Kier molecular flexibility index (Phi) is 5.09. The van der Waals surface area contributed by atoms with Crippen LogP contribution in [0.25, 0.3) is 10.9 Å². The molecule has 22 heavy (non-hydrogen) atoms. The molecule has 5 heteroatoms. The first-order valence-electron chi connectivity index (χ1n) is 7.38. The number of nitrogens with zero attached hydrogens (tertiary/aromatic N) is 1. The summed E-state index contributed by atoms with van der Waals surface area (Å²) in [6, 6.07) is 9.36. The van der Waals surface area contributed by atoms with Gasteiger partial charge in [-0.2, -0.15) is 0 Å². The molecule has 0 aliphatic rings. The predicted molar refractivity (Wildman–Crippen MR) is 85.0 cm³/mol. The number of hydrogen-bond acceptors (Lipinski definition) is 3. The Balaban J connectivity index is 2.24. The van der Waals surface area contributed by atoms with Crippen LogP contribution in [0, 0.1) is 0 Å². The molecule has 1 aromatic heterocycles. The molecule has 0 radical (unpaired) electrons. The number of rotatable bonds is 6. The second kappa shape index (κ2) is 7.02. The van der Waals surface area contributed by atoms with Crippen LogP contribution in [0.2, 0.25) is 0 Å². The summed E-state index contributed by atoms with van der Waals surface area (Å²) in [4.78, 5) is 27.5. The Hall–Kier alpha value is -2.43. The van der Waals surface area contributed by atoms with Crippen LogP contribution in [-0.4, -0.2) is 28.5 Å². The topological polar surface area (TPSA) is 79.3 Å². The maximum absolute atomic E-state index is 12.4. The molecule has 116 valence electrons. The van der Waals surface area contributed by atoms with Gasteiger partial charge in [-0.05, 0) is 24.5 Å². The number of aromatic nitrogens is 1. The van der Waals surface area contributed by atoms with E-state index >= 15 is 0 Å². The summed E-state index contributed by atoms with van der Waals surface area (Å²) in [6.07, 6.45) is 0.468. The zero-order valence-electron chi connectivity index (χ0n) is 12.8. The SMILES string of the molecule is CC(C)c1cc(C(=O)NCCCC(=O)O)c2ccccc2n1. The average molecular weight is 300 g/mol. The molecule has 0 saturated heterocycles. The first-order chi connectivity index (χ1) is 10.5. The number of aliphatic carboxylic acids is 1. The van der Waals surface area contributed by atoms with Gasteiger partial charge in [0.25, 0.3) is 5.91 Å². The number of carboxylic acid groups (broad SMARTS) is 1. The van der Waals surface area contributed by atoms with E-state index in [0.29, 0.717) is 18.5 Å². The van der Waals surface area contributed by atoms with E-state index in [4.69, 9.17) is 5.11 Å².